The number of aliphatic imine (C=N–C) groups is 1. The Balaban J connectivity index is 3.15. The number of halogens is 3. The lowest BCUT2D eigenvalue weighted by atomic mass is 10.1. The first-order valence-electron chi connectivity index (χ1n) is 4.04. The summed E-state index contributed by atoms with van der Waals surface area (Å²) >= 11 is 0. The minimum Gasteiger partial charge on any atom is -0.478 e. The van der Waals surface area contributed by atoms with Crippen LogP contribution in [0.15, 0.2) is 28.3 Å². The van der Waals surface area contributed by atoms with E-state index < -0.39 is 23.4 Å². The molecule has 0 saturated carbocycles. The summed E-state index contributed by atoms with van der Waals surface area (Å²) in [5, 5.41) is 8.63. The SMILES string of the molecule is CC1=CC(C(=O)O)=CC(C(F)(F)F)=NC1. The zero-order valence-electron chi connectivity index (χ0n) is 7.80. The van der Waals surface area contributed by atoms with Gasteiger partial charge in [0.1, 0.15) is 5.71 Å². The number of alkyl halides is 3. The van der Waals surface area contributed by atoms with Crippen LogP contribution in [0.1, 0.15) is 6.92 Å². The fourth-order valence-corrected chi connectivity index (χ4v) is 1.05. The van der Waals surface area contributed by atoms with Crippen LogP contribution in [0.3, 0.4) is 0 Å². The van der Waals surface area contributed by atoms with Gasteiger partial charge in [0.15, 0.2) is 0 Å². The highest BCUT2D eigenvalue weighted by molar-refractivity contribution is 6.06. The van der Waals surface area contributed by atoms with Crippen LogP contribution in [-0.2, 0) is 4.79 Å². The Morgan fingerprint density at radius 1 is 1.47 bits per heavy atom. The molecule has 0 amide bonds. The van der Waals surface area contributed by atoms with Crippen LogP contribution < -0.4 is 0 Å². The van der Waals surface area contributed by atoms with E-state index in [1.807, 2.05) is 0 Å². The van der Waals surface area contributed by atoms with Crippen molar-refractivity contribution in [3.63, 3.8) is 0 Å². The lowest BCUT2D eigenvalue weighted by Gasteiger charge is -2.05. The van der Waals surface area contributed by atoms with Crippen LogP contribution in [0.25, 0.3) is 0 Å². The number of aliphatic carboxylic acids is 1. The number of carboxylic acid groups (broad SMARTS) is 1. The summed E-state index contributed by atoms with van der Waals surface area (Å²) in [6.07, 6.45) is -2.89. The Hall–Kier alpha value is -1.59. The zero-order valence-corrected chi connectivity index (χ0v) is 7.80. The van der Waals surface area contributed by atoms with Gasteiger partial charge in [-0.2, -0.15) is 13.2 Å². The van der Waals surface area contributed by atoms with Gasteiger partial charge in [-0.15, -0.1) is 0 Å². The summed E-state index contributed by atoms with van der Waals surface area (Å²) in [5.74, 6) is -1.40. The number of carboxylic acids is 1. The number of nitrogens with zero attached hydrogens (tertiary/aromatic N) is 1. The molecule has 0 fully saturated rings. The van der Waals surface area contributed by atoms with Crippen molar-refractivity contribution >= 4 is 11.7 Å². The smallest absolute Gasteiger partial charge is 0.432 e. The van der Waals surface area contributed by atoms with Gasteiger partial charge >= 0.3 is 12.1 Å². The van der Waals surface area contributed by atoms with Gasteiger partial charge in [0.2, 0.25) is 0 Å². The van der Waals surface area contributed by atoms with Crippen molar-refractivity contribution in [2.24, 2.45) is 4.99 Å². The monoisotopic (exact) mass is 219 g/mol. The van der Waals surface area contributed by atoms with Crippen LogP contribution in [0.4, 0.5) is 13.2 Å². The fourth-order valence-electron chi connectivity index (χ4n) is 1.05. The predicted octanol–water partition coefficient (Wildman–Crippen LogP) is 1.96. The van der Waals surface area contributed by atoms with Crippen molar-refractivity contribution in [1.82, 2.24) is 0 Å². The Morgan fingerprint density at radius 3 is 2.53 bits per heavy atom. The molecule has 0 aliphatic carbocycles. The first kappa shape index (κ1) is 11.5. The lowest BCUT2D eigenvalue weighted by molar-refractivity contribution is -0.132. The van der Waals surface area contributed by atoms with Gasteiger partial charge in [-0.05, 0) is 19.1 Å². The third-order valence-electron chi connectivity index (χ3n) is 1.73. The molecule has 0 bridgehead atoms. The highest BCUT2D eigenvalue weighted by atomic mass is 19.4. The van der Waals surface area contributed by atoms with Crippen molar-refractivity contribution < 1.29 is 23.1 Å². The van der Waals surface area contributed by atoms with Gasteiger partial charge < -0.3 is 5.11 Å². The highest BCUT2D eigenvalue weighted by Crippen LogP contribution is 2.22. The number of carbonyl (C=O) groups is 1. The number of allylic oxidation sites excluding steroid dienone is 1. The molecule has 0 aromatic rings. The molecule has 1 aliphatic rings. The molecule has 1 N–H and O–H groups in total. The van der Waals surface area contributed by atoms with Crippen molar-refractivity contribution in [3.8, 4) is 0 Å². The van der Waals surface area contributed by atoms with E-state index in [-0.39, 0.29) is 6.54 Å². The molecule has 15 heavy (non-hydrogen) atoms. The summed E-state index contributed by atoms with van der Waals surface area (Å²) in [6, 6.07) is 0. The van der Waals surface area contributed by atoms with E-state index in [1.165, 1.54) is 13.0 Å². The molecular weight excluding hydrogens is 211 g/mol. The van der Waals surface area contributed by atoms with E-state index in [4.69, 9.17) is 5.11 Å². The van der Waals surface area contributed by atoms with E-state index in [2.05, 4.69) is 4.99 Å². The average Bonchev–Trinajstić information content (AvgIpc) is 2.25. The maximum atomic E-state index is 12.3. The molecule has 0 unspecified atom stereocenters. The highest BCUT2D eigenvalue weighted by Gasteiger charge is 2.35. The van der Waals surface area contributed by atoms with Gasteiger partial charge in [-0.25, -0.2) is 4.79 Å². The maximum absolute atomic E-state index is 12.3. The van der Waals surface area contributed by atoms with Crippen molar-refractivity contribution in [2.45, 2.75) is 13.1 Å². The van der Waals surface area contributed by atoms with Gasteiger partial charge in [-0.1, -0.05) is 5.57 Å². The molecule has 3 nitrogen and oxygen atoms in total. The molecule has 1 heterocycles. The molecule has 82 valence electrons. The normalized spacial score (nSPS) is 17.5. The molecule has 1 aliphatic heterocycles. The standard InChI is InChI=1S/C9H8F3NO2/c1-5-2-6(8(14)15)3-7(13-4-5)9(10,11)12/h2-3H,4H2,1H3,(H,14,15). The second-order valence-electron chi connectivity index (χ2n) is 3.09. The molecule has 1 rings (SSSR count). The third kappa shape index (κ3) is 2.93. The van der Waals surface area contributed by atoms with Gasteiger partial charge in [0.25, 0.3) is 0 Å². The second-order valence-corrected chi connectivity index (χ2v) is 3.09. The zero-order chi connectivity index (χ0) is 11.6. The largest absolute Gasteiger partial charge is 0.478 e. The number of hydrogen-bond donors (Lipinski definition) is 1. The topological polar surface area (TPSA) is 49.7 Å². The molecule has 0 atom stereocenters. The molecule has 6 heteroatoms. The Labute approximate surface area is 83.6 Å². The van der Waals surface area contributed by atoms with Crippen LogP contribution in [0, 0.1) is 0 Å². The maximum Gasteiger partial charge on any atom is 0.432 e. The average molecular weight is 219 g/mol. The molecular formula is C9H8F3NO2. The molecule has 0 aromatic carbocycles. The van der Waals surface area contributed by atoms with Gasteiger partial charge in [0, 0.05) is 0 Å². The minimum atomic E-state index is -4.61. The Bertz CT molecular complexity index is 377. The summed E-state index contributed by atoms with van der Waals surface area (Å²) in [5.41, 5.74) is -1.09. The van der Waals surface area contributed by atoms with Gasteiger partial charge in [0.05, 0.1) is 12.1 Å². The van der Waals surface area contributed by atoms with E-state index in [1.54, 1.807) is 0 Å². The van der Waals surface area contributed by atoms with Crippen LogP contribution in [-0.4, -0.2) is 29.5 Å². The summed E-state index contributed by atoms with van der Waals surface area (Å²) in [7, 11) is 0. The van der Waals surface area contributed by atoms with E-state index in [0.29, 0.717) is 11.6 Å². The number of hydrogen-bond acceptors (Lipinski definition) is 2. The van der Waals surface area contributed by atoms with Gasteiger partial charge in [-0.3, -0.25) is 4.99 Å². The second kappa shape index (κ2) is 3.88. The van der Waals surface area contributed by atoms with Crippen molar-refractivity contribution in [1.29, 1.82) is 0 Å². The van der Waals surface area contributed by atoms with E-state index in [0.717, 1.165) is 0 Å². The predicted molar refractivity (Wildman–Crippen MR) is 47.8 cm³/mol. The van der Waals surface area contributed by atoms with E-state index >= 15 is 0 Å². The summed E-state index contributed by atoms with van der Waals surface area (Å²) < 4.78 is 36.9. The minimum absolute atomic E-state index is 0.137. The Kier molecular flexibility index (Phi) is 2.97. The molecule has 0 radical (unpaired) electrons. The first-order valence-corrected chi connectivity index (χ1v) is 4.04. The van der Waals surface area contributed by atoms with Crippen LogP contribution >= 0.6 is 0 Å². The van der Waals surface area contributed by atoms with Crippen LogP contribution in [0.2, 0.25) is 0 Å². The molecule has 0 aromatic heterocycles. The Morgan fingerprint density at radius 2 is 2.07 bits per heavy atom. The third-order valence-corrected chi connectivity index (χ3v) is 1.73. The fraction of sp³-hybridized carbons (Fsp3) is 0.333. The molecule has 0 saturated heterocycles. The van der Waals surface area contributed by atoms with E-state index in [9.17, 15) is 18.0 Å². The number of rotatable bonds is 1. The van der Waals surface area contributed by atoms with Crippen LogP contribution in [0.5, 0.6) is 0 Å². The lowest BCUT2D eigenvalue weighted by Crippen LogP contribution is -2.21. The van der Waals surface area contributed by atoms with Crippen molar-refractivity contribution in [3.05, 3.63) is 23.3 Å². The molecule has 0 spiro atoms. The summed E-state index contributed by atoms with van der Waals surface area (Å²) in [4.78, 5) is 13.9. The summed E-state index contributed by atoms with van der Waals surface area (Å²) in [6.45, 7) is 1.39. The quantitative estimate of drug-likeness (QED) is 0.732. The van der Waals surface area contributed by atoms with Crippen molar-refractivity contribution in [2.75, 3.05) is 6.54 Å². The first-order chi connectivity index (χ1) is 6.80.